The standard InChI is InChI=1S/C9H22N2O3S/c1-8(9(2)14-5)10-6-7-15(12,13)11(3)4/h8-10H,6-7H2,1-5H3. The summed E-state index contributed by atoms with van der Waals surface area (Å²) >= 11 is 0. The normalized spacial score (nSPS) is 16.7. The molecule has 0 spiro atoms. The SMILES string of the molecule is COC(C)C(C)NCCS(=O)(=O)N(C)C. The van der Waals surface area contributed by atoms with Crippen LogP contribution in [0.2, 0.25) is 0 Å². The van der Waals surface area contributed by atoms with E-state index in [9.17, 15) is 8.42 Å². The minimum Gasteiger partial charge on any atom is -0.380 e. The third kappa shape index (κ3) is 5.46. The highest BCUT2D eigenvalue weighted by molar-refractivity contribution is 7.89. The predicted molar refractivity (Wildman–Crippen MR) is 61.4 cm³/mol. The van der Waals surface area contributed by atoms with Gasteiger partial charge in [-0.1, -0.05) is 0 Å². The summed E-state index contributed by atoms with van der Waals surface area (Å²) < 4.78 is 29.2. The lowest BCUT2D eigenvalue weighted by Gasteiger charge is -2.20. The molecule has 0 fully saturated rings. The fourth-order valence-electron chi connectivity index (χ4n) is 0.968. The minimum atomic E-state index is -3.10. The second kappa shape index (κ2) is 6.42. The van der Waals surface area contributed by atoms with Crippen molar-refractivity contribution < 1.29 is 13.2 Å². The molecule has 0 bridgehead atoms. The molecule has 0 saturated carbocycles. The lowest BCUT2D eigenvalue weighted by atomic mass is 10.2. The number of sulfonamides is 1. The second-order valence-corrected chi connectivity index (χ2v) is 6.08. The zero-order chi connectivity index (χ0) is 12.1. The Morgan fingerprint density at radius 1 is 1.33 bits per heavy atom. The first-order valence-electron chi connectivity index (χ1n) is 4.97. The number of nitrogens with zero attached hydrogens (tertiary/aromatic N) is 1. The first kappa shape index (κ1) is 14.8. The average Bonchev–Trinajstić information content (AvgIpc) is 2.15. The van der Waals surface area contributed by atoms with Crippen molar-refractivity contribution >= 4 is 10.0 Å². The molecule has 0 heterocycles. The molecule has 5 nitrogen and oxygen atoms in total. The van der Waals surface area contributed by atoms with Crippen LogP contribution in [0, 0.1) is 0 Å². The lowest BCUT2D eigenvalue weighted by Crippen LogP contribution is -2.40. The molecule has 0 aromatic heterocycles. The molecule has 0 amide bonds. The number of methoxy groups -OCH3 is 1. The summed E-state index contributed by atoms with van der Waals surface area (Å²) in [6.07, 6.45) is 0.0760. The first-order chi connectivity index (χ1) is 6.81. The van der Waals surface area contributed by atoms with Crippen molar-refractivity contribution in [3.63, 3.8) is 0 Å². The van der Waals surface area contributed by atoms with Crippen LogP contribution in [0.1, 0.15) is 13.8 Å². The molecule has 6 heteroatoms. The highest BCUT2D eigenvalue weighted by Crippen LogP contribution is 1.97. The molecule has 92 valence electrons. The van der Waals surface area contributed by atoms with Gasteiger partial charge < -0.3 is 10.1 Å². The molecule has 0 rings (SSSR count). The van der Waals surface area contributed by atoms with Gasteiger partial charge in [0.05, 0.1) is 11.9 Å². The highest BCUT2D eigenvalue weighted by atomic mass is 32.2. The Balaban J connectivity index is 3.90. The topological polar surface area (TPSA) is 58.6 Å². The Hall–Kier alpha value is -0.170. The van der Waals surface area contributed by atoms with Gasteiger partial charge in [-0.2, -0.15) is 0 Å². The predicted octanol–water partition coefficient (Wildman–Crippen LogP) is -0.109. The number of rotatable bonds is 7. The summed E-state index contributed by atoms with van der Waals surface area (Å²) in [7, 11) is 1.62. The maximum absolute atomic E-state index is 11.4. The van der Waals surface area contributed by atoms with E-state index in [0.29, 0.717) is 6.54 Å². The van der Waals surface area contributed by atoms with Gasteiger partial charge in [-0.15, -0.1) is 0 Å². The molecule has 15 heavy (non-hydrogen) atoms. The molecule has 0 aliphatic carbocycles. The molecule has 0 aliphatic rings. The van der Waals surface area contributed by atoms with E-state index in [1.165, 1.54) is 18.4 Å². The van der Waals surface area contributed by atoms with E-state index in [-0.39, 0.29) is 17.9 Å². The van der Waals surface area contributed by atoms with E-state index in [1.54, 1.807) is 7.11 Å². The van der Waals surface area contributed by atoms with Gasteiger partial charge in [0.25, 0.3) is 0 Å². The van der Waals surface area contributed by atoms with E-state index in [0.717, 1.165) is 0 Å². The van der Waals surface area contributed by atoms with E-state index in [1.807, 2.05) is 13.8 Å². The molecular weight excluding hydrogens is 216 g/mol. The summed E-state index contributed by atoms with van der Waals surface area (Å²) in [5, 5.41) is 3.11. The van der Waals surface area contributed by atoms with Gasteiger partial charge in [0.15, 0.2) is 0 Å². The smallest absolute Gasteiger partial charge is 0.214 e. The zero-order valence-corrected chi connectivity index (χ0v) is 11.0. The summed E-state index contributed by atoms with van der Waals surface area (Å²) in [5.74, 6) is 0.112. The van der Waals surface area contributed by atoms with E-state index in [2.05, 4.69) is 5.32 Å². The van der Waals surface area contributed by atoms with Gasteiger partial charge in [0, 0.05) is 33.8 Å². The Morgan fingerprint density at radius 3 is 2.27 bits per heavy atom. The van der Waals surface area contributed by atoms with Crippen LogP contribution in [0.4, 0.5) is 0 Å². The van der Waals surface area contributed by atoms with Crippen LogP contribution in [-0.4, -0.2) is 58.4 Å². The summed E-state index contributed by atoms with van der Waals surface area (Å²) in [4.78, 5) is 0. The molecule has 2 atom stereocenters. The molecule has 1 N–H and O–H groups in total. The lowest BCUT2D eigenvalue weighted by molar-refractivity contribution is 0.0895. The Labute approximate surface area is 92.8 Å². The van der Waals surface area contributed by atoms with Gasteiger partial charge in [0.2, 0.25) is 10.0 Å². The van der Waals surface area contributed by atoms with E-state index in [4.69, 9.17) is 4.74 Å². The van der Waals surface area contributed by atoms with Crippen LogP contribution < -0.4 is 5.32 Å². The molecule has 0 aliphatic heterocycles. The van der Waals surface area contributed by atoms with Crippen molar-refractivity contribution in [2.45, 2.75) is 26.0 Å². The van der Waals surface area contributed by atoms with Gasteiger partial charge in [-0.25, -0.2) is 12.7 Å². The average molecular weight is 238 g/mol. The van der Waals surface area contributed by atoms with Gasteiger partial charge in [0.1, 0.15) is 0 Å². The summed E-state index contributed by atoms with van der Waals surface area (Å²) in [6, 6.07) is 0.146. The van der Waals surface area contributed by atoms with Crippen molar-refractivity contribution in [3.8, 4) is 0 Å². The Bertz CT molecular complexity index is 265. The largest absolute Gasteiger partial charge is 0.380 e. The molecule has 0 aromatic carbocycles. The maximum Gasteiger partial charge on any atom is 0.214 e. The van der Waals surface area contributed by atoms with Gasteiger partial charge in [-0.3, -0.25) is 0 Å². The number of hydrogen-bond donors (Lipinski definition) is 1. The van der Waals surface area contributed by atoms with Crippen LogP contribution >= 0.6 is 0 Å². The van der Waals surface area contributed by atoms with Crippen LogP contribution in [0.3, 0.4) is 0 Å². The molecule has 0 radical (unpaired) electrons. The number of nitrogens with one attached hydrogen (secondary N) is 1. The van der Waals surface area contributed by atoms with Crippen molar-refractivity contribution in [2.24, 2.45) is 0 Å². The van der Waals surface area contributed by atoms with Crippen molar-refractivity contribution in [1.82, 2.24) is 9.62 Å². The molecule has 0 aromatic rings. The van der Waals surface area contributed by atoms with Crippen molar-refractivity contribution in [3.05, 3.63) is 0 Å². The maximum atomic E-state index is 11.4. The summed E-state index contributed by atoms with van der Waals surface area (Å²) in [5.41, 5.74) is 0. The fourth-order valence-corrected chi connectivity index (χ4v) is 1.71. The van der Waals surface area contributed by atoms with E-state index < -0.39 is 10.0 Å². The minimum absolute atomic E-state index is 0.0760. The Kier molecular flexibility index (Phi) is 6.35. The quantitative estimate of drug-likeness (QED) is 0.672. The van der Waals surface area contributed by atoms with Crippen LogP contribution in [0.15, 0.2) is 0 Å². The zero-order valence-electron chi connectivity index (χ0n) is 10.1. The highest BCUT2D eigenvalue weighted by Gasteiger charge is 2.15. The van der Waals surface area contributed by atoms with Crippen molar-refractivity contribution in [2.75, 3.05) is 33.5 Å². The van der Waals surface area contributed by atoms with Gasteiger partial charge >= 0.3 is 0 Å². The molecular formula is C9H22N2O3S. The first-order valence-corrected chi connectivity index (χ1v) is 6.58. The third-order valence-corrected chi connectivity index (χ3v) is 4.29. The summed E-state index contributed by atoms with van der Waals surface area (Å²) in [6.45, 7) is 4.35. The van der Waals surface area contributed by atoms with Crippen LogP contribution in [0.25, 0.3) is 0 Å². The van der Waals surface area contributed by atoms with Crippen LogP contribution in [0.5, 0.6) is 0 Å². The molecule has 0 saturated heterocycles. The van der Waals surface area contributed by atoms with E-state index >= 15 is 0 Å². The van der Waals surface area contributed by atoms with Crippen molar-refractivity contribution in [1.29, 1.82) is 0 Å². The second-order valence-electron chi connectivity index (χ2n) is 3.78. The fraction of sp³-hybridized carbons (Fsp3) is 1.00. The molecule has 2 unspecified atom stereocenters. The number of hydrogen-bond acceptors (Lipinski definition) is 4. The number of ether oxygens (including phenoxy) is 1. The monoisotopic (exact) mass is 238 g/mol. The third-order valence-electron chi connectivity index (χ3n) is 2.46. The Morgan fingerprint density at radius 2 is 1.87 bits per heavy atom. The van der Waals surface area contributed by atoms with Gasteiger partial charge in [-0.05, 0) is 13.8 Å². The van der Waals surface area contributed by atoms with Crippen LogP contribution in [-0.2, 0) is 14.8 Å².